The number of halogens is 2. The number of hydrogen-bond acceptors (Lipinski definition) is 9. The predicted octanol–water partition coefficient (Wildman–Crippen LogP) is 3.58. The average Bonchev–Trinajstić information content (AvgIpc) is 3.10. The molecule has 0 bridgehead atoms. The van der Waals surface area contributed by atoms with E-state index in [1.807, 2.05) is 19.0 Å². The minimum absolute atomic E-state index is 0.170. The number of nitrogens with zero attached hydrogens (tertiary/aromatic N) is 6. The summed E-state index contributed by atoms with van der Waals surface area (Å²) in [4.78, 5) is 29.6. The fourth-order valence-corrected chi connectivity index (χ4v) is 3.06. The van der Waals surface area contributed by atoms with E-state index in [-0.39, 0.29) is 17.5 Å². The summed E-state index contributed by atoms with van der Waals surface area (Å²) in [6.45, 7) is 3.70. The number of nitrogens with one attached hydrogen (secondary N) is 2. The molecular weight excluding hydrogens is 414 g/mol. The van der Waals surface area contributed by atoms with Crippen LogP contribution in [0, 0.1) is 6.92 Å². The Labute approximate surface area is 175 Å². The van der Waals surface area contributed by atoms with Crippen LogP contribution in [0.1, 0.15) is 25.4 Å². The maximum atomic E-state index is 13.7. The summed E-state index contributed by atoms with van der Waals surface area (Å²) in [6, 6.07) is 3.10. The molecule has 0 unspecified atom stereocenters. The summed E-state index contributed by atoms with van der Waals surface area (Å²) in [5.74, 6) is -3.23. The van der Waals surface area contributed by atoms with Gasteiger partial charge in [0.05, 0.1) is 11.3 Å². The highest BCUT2D eigenvalue weighted by Crippen LogP contribution is 2.32. The van der Waals surface area contributed by atoms with Crippen molar-refractivity contribution < 1.29 is 13.6 Å². The highest BCUT2D eigenvalue weighted by Gasteiger charge is 2.29. The van der Waals surface area contributed by atoms with Crippen LogP contribution < -0.4 is 15.5 Å². The molecule has 0 spiro atoms. The van der Waals surface area contributed by atoms with Gasteiger partial charge in [0.2, 0.25) is 16.9 Å². The zero-order valence-corrected chi connectivity index (χ0v) is 17.8. The molecule has 0 aliphatic carbocycles. The number of amides is 1. The van der Waals surface area contributed by atoms with Crippen LogP contribution in [-0.4, -0.2) is 44.3 Å². The van der Waals surface area contributed by atoms with E-state index >= 15 is 0 Å². The molecule has 3 aromatic rings. The van der Waals surface area contributed by atoms with Gasteiger partial charge in [-0.25, -0.2) is 15.0 Å². The molecule has 0 atom stereocenters. The highest BCUT2D eigenvalue weighted by molar-refractivity contribution is 7.09. The van der Waals surface area contributed by atoms with Gasteiger partial charge in [0.15, 0.2) is 5.82 Å². The fraction of sp³-hybridized carbons (Fsp3) is 0.333. The Morgan fingerprint density at radius 2 is 1.90 bits per heavy atom. The second-order valence-corrected chi connectivity index (χ2v) is 7.55. The van der Waals surface area contributed by atoms with Gasteiger partial charge in [-0.15, -0.1) is 0 Å². The van der Waals surface area contributed by atoms with Gasteiger partial charge in [0.1, 0.15) is 11.6 Å². The molecule has 0 saturated heterocycles. The van der Waals surface area contributed by atoms with Crippen molar-refractivity contribution in [1.82, 2.24) is 24.3 Å². The second-order valence-electron chi connectivity index (χ2n) is 6.82. The molecular formula is C18H20F2N8OS. The summed E-state index contributed by atoms with van der Waals surface area (Å²) in [7, 11) is 3.69. The van der Waals surface area contributed by atoms with Gasteiger partial charge in [-0.05, 0) is 6.92 Å². The van der Waals surface area contributed by atoms with Crippen LogP contribution in [0.2, 0.25) is 0 Å². The molecule has 0 aliphatic heterocycles. The number of carbonyl (C=O) groups excluding carboxylic acids is 1. The number of aryl methyl sites for hydroxylation is 1. The lowest BCUT2D eigenvalue weighted by molar-refractivity contribution is -0.114. The van der Waals surface area contributed by atoms with Crippen molar-refractivity contribution in [3.63, 3.8) is 0 Å². The Kier molecular flexibility index (Phi) is 5.87. The molecule has 0 saturated carbocycles. The van der Waals surface area contributed by atoms with Gasteiger partial charge in [0.25, 0.3) is 0 Å². The fourth-order valence-electron chi connectivity index (χ4n) is 2.46. The standard InChI is InChI=1S/C18H20F2N8OS/c1-9-6-14(25-16(22-9)18(3,19)20)24-12-7-13(23-10(2)29)21-8-11(12)15-26-17(28(4)5)30-27-15/h6-8H,1-5H3,(H2,21,22,23,24,25,29). The Morgan fingerprint density at radius 3 is 2.50 bits per heavy atom. The number of hydrogen-bond donors (Lipinski definition) is 2. The van der Waals surface area contributed by atoms with Gasteiger partial charge in [-0.1, -0.05) is 0 Å². The average molecular weight is 434 g/mol. The zero-order chi connectivity index (χ0) is 22.1. The Bertz CT molecular complexity index is 1080. The quantitative estimate of drug-likeness (QED) is 0.606. The van der Waals surface area contributed by atoms with Crippen LogP contribution in [-0.2, 0) is 10.7 Å². The SMILES string of the molecule is CC(=O)Nc1cc(Nc2cc(C)nc(C(C)(F)F)n2)c(-c2nsc(N(C)C)n2)cn1. The summed E-state index contributed by atoms with van der Waals surface area (Å²) in [5, 5.41) is 6.29. The molecule has 3 heterocycles. The van der Waals surface area contributed by atoms with Gasteiger partial charge >= 0.3 is 5.92 Å². The highest BCUT2D eigenvalue weighted by atomic mass is 32.1. The van der Waals surface area contributed by atoms with Gasteiger partial charge in [-0.3, -0.25) is 4.79 Å². The minimum Gasteiger partial charge on any atom is -0.353 e. The first kappa shape index (κ1) is 21.4. The van der Waals surface area contributed by atoms with Gasteiger partial charge in [-0.2, -0.15) is 18.1 Å². The van der Waals surface area contributed by atoms with Crippen LogP contribution in [0.25, 0.3) is 11.4 Å². The van der Waals surface area contributed by atoms with Crippen molar-refractivity contribution in [3.05, 3.63) is 29.8 Å². The lowest BCUT2D eigenvalue weighted by Gasteiger charge is -2.14. The molecule has 9 nitrogen and oxygen atoms in total. The maximum Gasteiger partial charge on any atom is 0.303 e. The molecule has 0 fully saturated rings. The smallest absolute Gasteiger partial charge is 0.303 e. The molecule has 0 radical (unpaired) electrons. The van der Waals surface area contributed by atoms with E-state index in [9.17, 15) is 13.6 Å². The van der Waals surface area contributed by atoms with Crippen LogP contribution >= 0.6 is 11.5 Å². The number of aromatic nitrogens is 5. The van der Waals surface area contributed by atoms with E-state index in [1.54, 1.807) is 13.0 Å². The van der Waals surface area contributed by atoms with Crippen LogP contribution in [0.5, 0.6) is 0 Å². The normalized spacial score (nSPS) is 11.3. The van der Waals surface area contributed by atoms with Crippen LogP contribution in [0.15, 0.2) is 18.3 Å². The molecule has 2 N–H and O–H groups in total. The molecule has 0 aromatic carbocycles. The first-order valence-corrected chi connectivity index (χ1v) is 9.60. The van der Waals surface area contributed by atoms with Gasteiger partial charge < -0.3 is 15.5 Å². The molecule has 3 rings (SSSR count). The van der Waals surface area contributed by atoms with Crippen molar-refractivity contribution in [3.8, 4) is 11.4 Å². The number of carbonyl (C=O) groups is 1. The van der Waals surface area contributed by atoms with E-state index < -0.39 is 11.7 Å². The molecule has 3 aromatic heterocycles. The van der Waals surface area contributed by atoms with Crippen molar-refractivity contribution in [2.75, 3.05) is 29.6 Å². The number of pyridine rings is 1. The van der Waals surface area contributed by atoms with E-state index in [1.165, 1.54) is 30.7 Å². The van der Waals surface area contributed by atoms with Crippen molar-refractivity contribution in [1.29, 1.82) is 0 Å². The number of rotatable bonds is 6. The monoisotopic (exact) mass is 434 g/mol. The molecule has 1 amide bonds. The summed E-state index contributed by atoms with van der Waals surface area (Å²) >= 11 is 1.21. The van der Waals surface area contributed by atoms with Crippen molar-refractivity contribution in [2.45, 2.75) is 26.7 Å². The lowest BCUT2D eigenvalue weighted by Crippen LogP contribution is -2.14. The van der Waals surface area contributed by atoms with E-state index in [4.69, 9.17) is 0 Å². The number of alkyl halides is 2. The summed E-state index contributed by atoms with van der Waals surface area (Å²) in [5.41, 5.74) is 1.35. The lowest BCUT2D eigenvalue weighted by atomic mass is 10.2. The maximum absolute atomic E-state index is 13.7. The third kappa shape index (κ3) is 5.00. The third-order valence-electron chi connectivity index (χ3n) is 3.76. The molecule has 158 valence electrons. The molecule has 0 aliphatic rings. The summed E-state index contributed by atoms with van der Waals surface area (Å²) < 4.78 is 31.8. The van der Waals surface area contributed by atoms with E-state index in [0.717, 1.165) is 6.92 Å². The number of anilines is 4. The Balaban J connectivity index is 2.07. The third-order valence-corrected chi connectivity index (χ3v) is 4.64. The van der Waals surface area contributed by atoms with E-state index in [0.29, 0.717) is 27.9 Å². The van der Waals surface area contributed by atoms with Gasteiger partial charge in [0, 0.05) is 63.5 Å². The molecule has 12 heteroatoms. The minimum atomic E-state index is -3.19. The first-order valence-electron chi connectivity index (χ1n) is 8.83. The largest absolute Gasteiger partial charge is 0.353 e. The first-order chi connectivity index (χ1) is 14.0. The predicted molar refractivity (Wildman–Crippen MR) is 111 cm³/mol. The van der Waals surface area contributed by atoms with E-state index in [2.05, 4.69) is 34.9 Å². The molecule has 30 heavy (non-hydrogen) atoms. The topological polar surface area (TPSA) is 109 Å². The van der Waals surface area contributed by atoms with Crippen LogP contribution in [0.4, 0.5) is 31.2 Å². The van der Waals surface area contributed by atoms with Crippen molar-refractivity contribution >= 4 is 39.9 Å². The zero-order valence-electron chi connectivity index (χ0n) is 17.0. The summed E-state index contributed by atoms with van der Waals surface area (Å²) in [6.07, 6.45) is 1.50. The Morgan fingerprint density at radius 1 is 1.17 bits per heavy atom. The van der Waals surface area contributed by atoms with Crippen molar-refractivity contribution in [2.24, 2.45) is 0 Å². The Hall–Kier alpha value is -3.28. The second kappa shape index (κ2) is 8.22. The van der Waals surface area contributed by atoms with Crippen LogP contribution in [0.3, 0.4) is 0 Å².